The van der Waals surface area contributed by atoms with E-state index in [-0.39, 0.29) is 13.0 Å². The molecule has 0 radical (unpaired) electrons. The maximum atomic E-state index is 11.6. The highest BCUT2D eigenvalue weighted by atomic mass is 16.4. The van der Waals surface area contributed by atoms with E-state index in [2.05, 4.69) is 11.2 Å². The molecule has 0 heterocycles. The molecule has 3 N–H and O–H groups in total. The summed E-state index contributed by atoms with van der Waals surface area (Å²) in [6.07, 6.45) is 7.27. The second kappa shape index (κ2) is 9.31. The molecule has 0 fully saturated rings. The molecule has 102 valence electrons. The van der Waals surface area contributed by atoms with Crippen LogP contribution in [0.4, 0.5) is 4.79 Å². The van der Waals surface area contributed by atoms with E-state index in [0.717, 1.165) is 12.8 Å². The highest BCUT2D eigenvalue weighted by molar-refractivity contribution is 5.82. The first-order valence-electron chi connectivity index (χ1n) is 5.81. The van der Waals surface area contributed by atoms with E-state index < -0.39 is 18.0 Å². The summed E-state index contributed by atoms with van der Waals surface area (Å²) in [4.78, 5) is 23.8. The normalized spacial score (nSPS) is 11.4. The lowest BCUT2D eigenvalue weighted by Crippen LogP contribution is -2.46. The molecule has 2 amide bonds. The number of aliphatic hydroxyl groups is 1. The first kappa shape index (κ1) is 16.3. The van der Waals surface area contributed by atoms with Crippen molar-refractivity contribution >= 4 is 12.0 Å². The third-order valence-corrected chi connectivity index (χ3v) is 2.42. The number of carboxylic acids is 1. The molecular weight excluding hydrogens is 236 g/mol. The zero-order valence-electron chi connectivity index (χ0n) is 10.6. The van der Waals surface area contributed by atoms with Crippen molar-refractivity contribution in [1.82, 2.24) is 10.2 Å². The summed E-state index contributed by atoms with van der Waals surface area (Å²) in [6.45, 7) is 0.646. The minimum absolute atomic E-state index is 0.0422. The van der Waals surface area contributed by atoms with Crippen molar-refractivity contribution in [3.8, 4) is 12.3 Å². The predicted octanol–water partition coefficient (Wildman–Crippen LogP) is 0.267. The van der Waals surface area contributed by atoms with Crippen LogP contribution in [0.5, 0.6) is 0 Å². The average molecular weight is 256 g/mol. The predicted molar refractivity (Wildman–Crippen MR) is 67.0 cm³/mol. The molecule has 0 spiro atoms. The van der Waals surface area contributed by atoms with Crippen LogP contribution >= 0.6 is 0 Å². The van der Waals surface area contributed by atoms with Crippen LogP contribution < -0.4 is 5.32 Å². The first-order valence-corrected chi connectivity index (χ1v) is 5.81. The number of aliphatic carboxylic acids is 1. The number of urea groups is 1. The van der Waals surface area contributed by atoms with E-state index in [0.29, 0.717) is 13.0 Å². The number of hydrogen-bond acceptors (Lipinski definition) is 3. The van der Waals surface area contributed by atoms with Gasteiger partial charge in [-0.3, -0.25) is 0 Å². The summed E-state index contributed by atoms with van der Waals surface area (Å²) in [5.74, 6) is 1.07. The molecule has 0 aromatic carbocycles. The molecule has 0 saturated heterocycles. The van der Waals surface area contributed by atoms with Gasteiger partial charge >= 0.3 is 12.0 Å². The number of nitrogens with zero attached hydrogens (tertiary/aromatic N) is 1. The Hall–Kier alpha value is -1.74. The lowest BCUT2D eigenvalue weighted by Gasteiger charge is -2.20. The van der Waals surface area contributed by atoms with Crippen molar-refractivity contribution in [3.05, 3.63) is 0 Å². The third kappa shape index (κ3) is 6.76. The Morgan fingerprint density at radius 3 is 2.56 bits per heavy atom. The number of carbonyl (C=O) groups excluding carboxylic acids is 1. The van der Waals surface area contributed by atoms with Gasteiger partial charge in [-0.15, -0.1) is 12.3 Å². The van der Waals surface area contributed by atoms with Crippen LogP contribution in [0.25, 0.3) is 0 Å². The number of rotatable bonds is 8. The SMILES string of the molecule is C#CCC(NC(=O)N(C)CCCCCO)C(=O)O. The number of carbonyl (C=O) groups is 2. The molecule has 1 unspecified atom stereocenters. The minimum atomic E-state index is -1.14. The molecule has 0 aliphatic heterocycles. The van der Waals surface area contributed by atoms with Gasteiger partial charge in [0.15, 0.2) is 0 Å². The number of nitrogens with one attached hydrogen (secondary N) is 1. The number of amides is 2. The van der Waals surface area contributed by atoms with Crippen LogP contribution in [0.15, 0.2) is 0 Å². The molecule has 0 bridgehead atoms. The zero-order chi connectivity index (χ0) is 14.0. The Morgan fingerprint density at radius 1 is 1.39 bits per heavy atom. The lowest BCUT2D eigenvalue weighted by molar-refractivity contribution is -0.139. The Kier molecular flexibility index (Phi) is 8.41. The van der Waals surface area contributed by atoms with Crippen LogP contribution in [0.3, 0.4) is 0 Å². The lowest BCUT2D eigenvalue weighted by atomic mass is 10.2. The monoisotopic (exact) mass is 256 g/mol. The fourth-order valence-corrected chi connectivity index (χ4v) is 1.32. The molecule has 0 aliphatic rings. The Labute approximate surface area is 107 Å². The highest BCUT2D eigenvalue weighted by Gasteiger charge is 2.20. The largest absolute Gasteiger partial charge is 0.480 e. The van der Waals surface area contributed by atoms with Crippen molar-refractivity contribution in [1.29, 1.82) is 0 Å². The number of hydrogen-bond donors (Lipinski definition) is 3. The maximum absolute atomic E-state index is 11.6. The maximum Gasteiger partial charge on any atom is 0.327 e. The van der Waals surface area contributed by atoms with E-state index in [9.17, 15) is 9.59 Å². The Morgan fingerprint density at radius 2 is 2.06 bits per heavy atom. The average Bonchev–Trinajstić information content (AvgIpc) is 2.33. The second-order valence-electron chi connectivity index (χ2n) is 3.95. The van der Waals surface area contributed by atoms with E-state index >= 15 is 0 Å². The summed E-state index contributed by atoms with van der Waals surface area (Å²) >= 11 is 0. The van der Waals surface area contributed by atoms with Gasteiger partial charge in [0.25, 0.3) is 0 Å². The van der Waals surface area contributed by atoms with Gasteiger partial charge in [-0.25, -0.2) is 9.59 Å². The highest BCUT2D eigenvalue weighted by Crippen LogP contribution is 1.98. The fraction of sp³-hybridized carbons (Fsp3) is 0.667. The van der Waals surface area contributed by atoms with Gasteiger partial charge in [-0.05, 0) is 19.3 Å². The molecule has 1 atom stereocenters. The van der Waals surface area contributed by atoms with Gasteiger partial charge in [0, 0.05) is 26.6 Å². The third-order valence-electron chi connectivity index (χ3n) is 2.42. The molecule has 0 rings (SSSR count). The molecule has 0 aromatic rings. The van der Waals surface area contributed by atoms with Crippen LogP contribution in [0, 0.1) is 12.3 Å². The van der Waals surface area contributed by atoms with Crippen LogP contribution in [-0.2, 0) is 4.79 Å². The van der Waals surface area contributed by atoms with Crippen LogP contribution in [0.1, 0.15) is 25.7 Å². The van der Waals surface area contributed by atoms with E-state index in [1.54, 1.807) is 7.05 Å². The van der Waals surface area contributed by atoms with Gasteiger partial charge in [0.1, 0.15) is 6.04 Å². The van der Waals surface area contributed by atoms with Crippen LogP contribution in [-0.4, -0.2) is 53.4 Å². The van der Waals surface area contributed by atoms with Crippen molar-refractivity contribution in [3.63, 3.8) is 0 Å². The quantitative estimate of drug-likeness (QED) is 0.429. The summed E-state index contributed by atoms with van der Waals surface area (Å²) < 4.78 is 0. The number of aliphatic hydroxyl groups excluding tert-OH is 1. The standard InChI is InChI=1S/C12H20N2O4/c1-3-7-10(11(16)17)13-12(18)14(2)8-5-4-6-9-15/h1,10,15H,4-9H2,2H3,(H,13,18)(H,16,17). The van der Waals surface area contributed by atoms with Crippen molar-refractivity contribution < 1.29 is 19.8 Å². The van der Waals surface area contributed by atoms with E-state index in [4.69, 9.17) is 16.6 Å². The van der Waals surface area contributed by atoms with Crippen LogP contribution in [0.2, 0.25) is 0 Å². The van der Waals surface area contributed by atoms with Gasteiger partial charge in [0.05, 0.1) is 0 Å². The topological polar surface area (TPSA) is 89.9 Å². The molecular formula is C12H20N2O4. The smallest absolute Gasteiger partial charge is 0.327 e. The molecule has 6 heteroatoms. The first-order chi connectivity index (χ1) is 8.52. The van der Waals surface area contributed by atoms with E-state index in [1.807, 2.05) is 0 Å². The van der Waals surface area contributed by atoms with Crippen molar-refractivity contribution in [2.75, 3.05) is 20.2 Å². The van der Waals surface area contributed by atoms with Gasteiger partial charge in [-0.1, -0.05) is 0 Å². The van der Waals surface area contributed by atoms with E-state index in [1.165, 1.54) is 4.90 Å². The summed E-state index contributed by atoms with van der Waals surface area (Å²) in [5.41, 5.74) is 0. The summed E-state index contributed by atoms with van der Waals surface area (Å²) in [6, 6.07) is -1.51. The number of unbranched alkanes of at least 4 members (excludes halogenated alkanes) is 2. The Bertz CT molecular complexity index is 312. The molecule has 0 aromatic heterocycles. The second-order valence-corrected chi connectivity index (χ2v) is 3.95. The van der Waals surface area contributed by atoms with Gasteiger partial charge < -0.3 is 20.4 Å². The summed E-state index contributed by atoms with van der Waals surface area (Å²) in [7, 11) is 1.59. The molecule has 18 heavy (non-hydrogen) atoms. The van der Waals surface area contributed by atoms with Gasteiger partial charge in [0.2, 0.25) is 0 Å². The van der Waals surface area contributed by atoms with Crippen molar-refractivity contribution in [2.45, 2.75) is 31.7 Å². The summed E-state index contributed by atoms with van der Waals surface area (Å²) in [5, 5.41) is 19.8. The van der Waals surface area contributed by atoms with Crippen molar-refractivity contribution in [2.24, 2.45) is 0 Å². The fourth-order valence-electron chi connectivity index (χ4n) is 1.32. The number of terminal acetylenes is 1. The van der Waals surface area contributed by atoms with Gasteiger partial charge in [-0.2, -0.15) is 0 Å². The zero-order valence-corrected chi connectivity index (χ0v) is 10.6. The molecule has 0 aliphatic carbocycles. The molecule has 6 nitrogen and oxygen atoms in total. The molecule has 0 saturated carbocycles. The number of carboxylic acid groups (broad SMARTS) is 1. The minimum Gasteiger partial charge on any atom is -0.480 e. The Balaban J connectivity index is 4.05.